The first-order valence-electron chi connectivity index (χ1n) is 3.99. The Morgan fingerprint density at radius 1 is 1.64 bits per heavy atom. The van der Waals surface area contributed by atoms with Crippen LogP contribution in [0.25, 0.3) is 0 Å². The molecule has 0 spiro atoms. The van der Waals surface area contributed by atoms with E-state index in [0.29, 0.717) is 12.5 Å². The van der Waals surface area contributed by atoms with Gasteiger partial charge in [0.1, 0.15) is 0 Å². The predicted octanol–water partition coefficient (Wildman–Crippen LogP) is 1.63. The summed E-state index contributed by atoms with van der Waals surface area (Å²) in [5.41, 5.74) is 0. The van der Waals surface area contributed by atoms with Gasteiger partial charge < -0.3 is 5.32 Å². The standard InChI is InChI=1S/C8H16N2S/c1-3-11-7-8(2)10-6-4-5-9/h8,10H,3-4,6-7H2,1-2H3. The van der Waals surface area contributed by atoms with Crippen LogP contribution in [0.2, 0.25) is 0 Å². The Bertz CT molecular complexity index is 120. The Morgan fingerprint density at radius 2 is 2.36 bits per heavy atom. The molecule has 0 amide bonds. The van der Waals surface area contributed by atoms with Gasteiger partial charge in [-0.15, -0.1) is 0 Å². The van der Waals surface area contributed by atoms with E-state index in [2.05, 4.69) is 25.2 Å². The molecule has 0 heterocycles. The summed E-state index contributed by atoms with van der Waals surface area (Å²) in [6, 6.07) is 2.65. The van der Waals surface area contributed by atoms with Crippen molar-refractivity contribution in [2.45, 2.75) is 26.3 Å². The first-order valence-corrected chi connectivity index (χ1v) is 5.14. The summed E-state index contributed by atoms with van der Waals surface area (Å²) >= 11 is 1.93. The molecule has 0 aliphatic carbocycles. The first-order chi connectivity index (χ1) is 5.31. The van der Waals surface area contributed by atoms with E-state index in [1.165, 1.54) is 5.75 Å². The fraction of sp³-hybridized carbons (Fsp3) is 0.875. The minimum Gasteiger partial charge on any atom is -0.312 e. The van der Waals surface area contributed by atoms with Crippen molar-refractivity contribution in [3.63, 3.8) is 0 Å². The second kappa shape index (κ2) is 7.90. The highest BCUT2D eigenvalue weighted by Gasteiger charge is 1.98. The molecule has 0 aromatic rings. The van der Waals surface area contributed by atoms with Crippen LogP contribution in [-0.2, 0) is 0 Å². The van der Waals surface area contributed by atoms with Crippen LogP contribution >= 0.6 is 11.8 Å². The average Bonchev–Trinajstić information content (AvgIpc) is 2.01. The normalized spacial score (nSPS) is 12.5. The second-order valence-electron chi connectivity index (χ2n) is 2.42. The van der Waals surface area contributed by atoms with E-state index in [-0.39, 0.29) is 0 Å². The predicted molar refractivity (Wildman–Crippen MR) is 50.7 cm³/mol. The third-order valence-corrected chi connectivity index (χ3v) is 2.45. The lowest BCUT2D eigenvalue weighted by molar-refractivity contribution is 0.604. The first kappa shape index (κ1) is 10.8. The minimum absolute atomic E-state index is 0.535. The van der Waals surface area contributed by atoms with Crippen molar-refractivity contribution in [3.8, 4) is 6.07 Å². The highest BCUT2D eigenvalue weighted by molar-refractivity contribution is 7.99. The van der Waals surface area contributed by atoms with Crippen LogP contribution in [0.5, 0.6) is 0 Å². The second-order valence-corrected chi connectivity index (χ2v) is 3.74. The van der Waals surface area contributed by atoms with E-state index < -0.39 is 0 Å². The molecule has 0 aromatic heterocycles. The van der Waals surface area contributed by atoms with E-state index in [1.807, 2.05) is 11.8 Å². The molecule has 0 aliphatic heterocycles. The molecule has 0 bridgehead atoms. The fourth-order valence-electron chi connectivity index (χ4n) is 0.728. The molecule has 1 unspecified atom stereocenters. The highest BCUT2D eigenvalue weighted by atomic mass is 32.2. The van der Waals surface area contributed by atoms with Gasteiger partial charge in [0.15, 0.2) is 0 Å². The number of hydrogen-bond donors (Lipinski definition) is 1. The van der Waals surface area contributed by atoms with Crippen molar-refractivity contribution in [1.29, 1.82) is 5.26 Å². The van der Waals surface area contributed by atoms with Crippen LogP contribution in [-0.4, -0.2) is 24.1 Å². The molecule has 11 heavy (non-hydrogen) atoms. The zero-order valence-corrected chi connectivity index (χ0v) is 8.08. The van der Waals surface area contributed by atoms with Crippen LogP contribution in [0, 0.1) is 11.3 Å². The van der Waals surface area contributed by atoms with Crippen molar-refractivity contribution in [1.82, 2.24) is 5.32 Å². The smallest absolute Gasteiger partial charge is 0.0635 e. The average molecular weight is 172 g/mol. The maximum atomic E-state index is 8.26. The number of nitriles is 1. The number of rotatable bonds is 6. The summed E-state index contributed by atoms with van der Waals surface area (Å²) in [4.78, 5) is 0. The summed E-state index contributed by atoms with van der Waals surface area (Å²) in [6.45, 7) is 5.13. The van der Waals surface area contributed by atoms with Gasteiger partial charge >= 0.3 is 0 Å². The van der Waals surface area contributed by atoms with E-state index in [0.717, 1.165) is 12.3 Å². The maximum absolute atomic E-state index is 8.26. The molecule has 0 saturated heterocycles. The molecule has 0 fully saturated rings. The van der Waals surface area contributed by atoms with Gasteiger partial charge in [-0.1, -0.05) is 6.92 Å². The topological polar surface area (TPSA) is 35.8 Å². The fourth-order valence-corrected chi connectivity index (χ4v) is 1.44. The van der Waals surface area contributed by atoms with Gasteiger partial charge in [-0.3, -0.25) is 0 Å². The minimum atomic E-state index is 0.535. The number of nitrogens with one attached hydrogen (secondary N) is 1. The van der Waals surface area contributed by atoms with Crippen molar-refractivity contribution in [2.75, 3.05) is 18.1 Å². The zero-order chi connectivity index (χ0) is 8.53. The molecule has 1 N–H and O–H groups in total. The molecular formula is C8H16N2S. The highest BCUT2D eigenvalue weighted by Crippen LogP contribution is 2.00. The molecule has 2 nitrogen and oxygen atoms in total. The van der Waals surface area contributed by atoms with Gasteiger partial charge in [0, 0.05) is 24.8 Å². The van der Waals surface area contributed by atoms with E-state index in [9.17, 15) is 0 Å². The molecule has 0 aliphatic rings. The number of nitrogens with zero attached hydrogens (tertiary/aromatic N) is 1. The molecule has 0 radical (unpaired) electrons. The van der Waals surface area contributed by atoms with Gasteiger partial charge in [-0.2, -0.15) is 17.0 Å². The number of thioether (sulfide) groups is 1. The van der Waals surface area contributed by atoms with Gasteiger partial charge in [0.2, 0.25) is 0 Å². The Hall–Kier alpha value is -0.200. The van der Waals surface area contributed by atoms with Crippen molar-refractivity contribution in [2.24, 2.45) is 0 Å². The van der Waals surface area contributed by atoms with Crippen LogP contribution in [0.4, 0.5) is 0 Å². The third kappa shape index (κ3) is 7.70. The quantitative estimate of drug-likeness (QED) is 0.619. The molecule has 0 rings (SSSR count). The monoisotopic (exact) mass is 172 g/mol. The van der Waals surface area contributed by atoms with Gasteiger partial charge in [0.05, 0.1) is 6.07 Å². The summed E-state index contributed by atoms with van der Waals surface area (Å²) < 4.78 is 0. The molecule has 0 saturated carbocycles. The lowest BCUT2D eigenvalue weighted by Crippen LogP contribution is -2.28. The van der Waals surface area contributed by atoms with Crippen molar-refractivity contribution in [3.05, 3.63) is 0 Å². The zero-order valence-electron chi connectivity index (χ0n) is 7.26. The summed E-state index contributed by atoms with van der Waals surface area (Å²) in [5.74, 6) is 2.31. The van der Waals surface area contributed by atoms with Gasteiger partial charge in [-0.05, 0) is 12.7 Å². The van der Waals surface area contributed by atoms with Crippen LogP contribution < -0.4 is 5.32 Å². The van der Waals surface area contributed by atoms with Crippen molar-refractivity contribution >= 4 is 11.8 Å². The molecule has 3 heteroatoms. The Kier molecular flexibility index (Phi) is 7.76. The summed E-state index contributed by atoms with van der Waals surface area (Å²) in [6.07, 6.45) is 0.612. The molecule has 1 atom stereocenters. The van der Waals surface area contributed by atoms with Gasteiger partial charge in [-0.25, -0.2) is 0 Å². The van der Waals surface area contributed by atoms with Crippen LogP contribution in [0.3, 0.4) is 0 Å². The molecule has 0 aromatic carbocycles. The van der Waals surface area contributed by atoms with Crippen molar-refractivity contribution < 1.29 is 0 Å². The number of hydrogen-bond acceptors (Lipinski definition) is 3. The summed E-state index contributed by atoms with van der Waals surface area (Å²) in [5, 5.41) is 11.5. The maximum Gasteiger partial charge on any atom is 0.0635 e. The lowest BCUT2D eigenvalue weighted by atomic mass is 10.3. The Balaban J connectivity index is 3.10. The van der Waals surface area contributed by atoms with E-state index >= 15 is 0 Å². The summed E-state index contributed by atoms with van der Waals surface area (Å²) in [7, 11) is 0. The lowest BCUT2D eigenvalue weighted by Gasteiger charge is -2.10. The van der Waals surface area contributed by atoms with Crippen LogP contribution in [0.15, 0.2) is 0 Å². The molecule has 64 valence electrons. The third-order valence-electron chi connectivity index (χ3n) is 1.30. The largest absolute Gasteiger partial charge is 0.312 e. The van der Waals surface area contributed by atoms with Crippen LogP contribution in [0.1, 0.15) is 20.3 Å². The SMILES string of the molecule is CCSCC(C)NCCC#N. The van der Waals surface area contributed by atoms with Gasteiger partial charge in [0.25, 0.3) is 0 Å². The molecular weight excluding hydrogens is 156 g/mol. The van der Waals surface area contributed by atoms with E-state index in [4.69, 9.17) is 5.26 Å². The Morgan fingerprint density at radius 3 is 2.91 bits per heavy atom. The Labute approximate surface area is 73.4 Å². The van der Waals surface area contributed by atoms with E-state index in [1.54, 1.807) is 0 Å².